The van der Waals surface area contributed by atoms with Crippen molar-refractivity contribution in [3.05, 3.63) is 35.4 Å². The molecule has 0 amide bonds. The maximum absolute atomic E-state index is 2.62. The summed E-state index contributed by atoms with van der Waals surface area (Å²) in [5, 5.41) is 0. The van der Waals surface area contributed by atoms with Crippen molar-refractivity contribution in [1.29, 1.82) is 0 Å². The van der Waals surface area contributed by atoms with Crippen LogP contribution in [0.4, 0.5) is 0 Å². The van der Waals surface area contributed by atoms with Crippen LogP contribution in [0.5, 0.6) is 0 Å². The van der Waals surface area contributed by atoms with Crippen molar-refractivity contribution in [2.75, 3.05) is 32.7 Å². The average Bonchev–Trinajstić information content (AvgIpc) is 2.46. The fourth-order valence-electron chi connectivity index (χ4n) is 2.86. The number of hydrogen-bond acceptors (Lipinski definition) is 2. The minimum Gasteiger partial charge on any atom is -0.301 e. The summed E-state index contributed by atoms with van der Waals surface area (Å²) in [5.41, 5.74) is 2.92. The highest BCUT2D eigenvalue weighted by Crippen LogP contribution is 2.24. The summed E-state index contributed by atoms with van der Waals surface area (Å²) < 4.78 is 0. The Morgan fingerprint density at radius 1 is 1.00 bits per heavy atom. The van der Waals surface area contributed by atoms with Gasteiger partial charge in [-0.1, -0.05) is 45.0 Å². The number of piperazine rings is 1. The van der Waals surface area contributed by atoms with Crippen LogP contribution in [0.25, 0.3) is 0 Å². The highest BCUT2D eigenvalue weighted by molar-refractivity contribution is 5.27. The predicted octanol–water partition coefficient (Wildman–Crippen LogP) is 3.51. The van der Waals surface area contributed by atoms with E-state index in [-0.39, 0.29) is 0 Å². The van der Waals surface area contributed by atoms with Crippen molar-refractivity contribution >= 4 is 0 Å². The molecule has 0 aliphatic carbocycles. The Morgan fingerprint density at radius 3 is 2.21 bits per heavy atom. The van der Waals surface area contributed by atoms with E-state index in [0.29, 0.717) is 12.0 Å². The second kappa shape index (κ2) is 6.53. The summed E-state index contributed by atoms with van der Waals surface area (Å²) in [6.45, 7) is 15.1. The van der Waals surface area contributed by atoms with Crippen molar-refractivity contribution in [2.45, 2.75) is 39.7 Å². The number of likely N-dealkylation sites (N-methyl/N-ethyl adjacent to an activating group) is 1. The molecule has 0 bridgehead atoms. The van der Waals surface area contributed by atoms with Crippen LogP contribution in [0.1, 0.15) is 50.8 Å². The van der Waals surface area contributed by atoms with E-state index >= 15 is 0 Å². The maximum atomic E-state index is 2.62. The molecule has 1 aromatic rings. The minimum atomic E-state index is 0.540. The van der Waals surface area contributed by atoms with Gasteiger partial charge in [0.05, 0.1) is 0 Å². The Balaban J connectivity index is 2.03. The molecule has 1 heterocycles. The second-order valence-corrected chi connectivity index (χ2v) is 5.97. The SMILES string of the molecule is CCN1CCN([C@H](C)c2cccc(C(C)C)c2)CC1. The third-order valence-electron chi connectivity index (χ3n) is 4.46. The van der Waals surface area contributed by atoms with Crippen LogP contribution in [0.15, 0.2) is 24.3 Å². The topological polar surface area (TPSA) is 6.48 Å². The van der Waals surface area contributed by atoms with Crippen molar-refractivity contribution < 1.29 is 0 Å². The van der Waals surface area contributed by atoms with E-state index in [9.17, 15) is 0 Å². The summed E-state index contributed by atoms with van der Waals surface area (Å²) >= 11 is 0. The molecule has 0 saturated carbocycles. The molecule has 0 radical (unpaired) electrons. The molecule has 0 aromatic heterocycles. The standard InChI is InChI=1S/C17H28N2/c1-5-18-9-11-19(12-10-18)15(4)17-8-6-7-16(13-17)14(2)3/h6-8,13-15H,5,9-12H2,1-4H3/t15-/m1/s1. The van der Waals surface area contributed by atoms with E-state index in [2.05, 4.69) is 61.8 Å². The molecule has 1 saturated heterocycles. The first-order valence-electron chi connectivity index (χ1n) is 7.68. The first-order valence-corrected chi connectivity index (χ1v) is 7.68. The van der Waals surface area contributed by atoms with E-state index in [1.54, 1.807) is 0 Å². The fraction of sp³-hybridized carbons (Fsp3) is 0.647. The van der Waals surface area contributed by atoms with Gasteiger partial charge in [-0.3, -0.25) is 4.90 Å². The van der Waals surface area contributed by atoms with Crippen LogP contribution in [-0.2, 0) is 0 Å². The van der Waals surface area contributed by atoms with Gasteiger partial charge in [0.15, 0.2) is 0 Å². The lowest BCUT2D eigenvalue weighted by atomic mass is 9.97. The Bertz CT molecular complexity index is 392. The number of benzene rings is 1. The van der Waals surface area contributed by atoms with Crippen molar-refractivity contribution in [2.24, 2.45) is 0 Å². The molecule has 1 aliphatic rings. The zero-order valence-corrected chi connectivity index (χ0v) is 12.9. The Morgan fingerprint density at radius 2 is 1.63 bits per heavy atom. The van der Waals surface area contributed by atoms with Gasteiger partial charge < -0.3 is 4.90 Å². The molecule has 2 rings (SSSR count). The Kier molecular flexibility index (Phi) is 5.00. The number of hydrogen-bond donors (Lipinski definition) is 0. The molecular formula is C17H28N2. The van der Waals surface area contributed by atoms with Gasteiger partial charge >= 0.3 is 0 Å². The van der Waals surface area contributed by atoms with Gasteiger partial charge in [0.25, 0.3) is 0 Å². The molecular weight excluding hydrogens is 232 g/mol. The van der Waals surface area contributed by atoms with Gasteiger partial charge in [-0.05, 0) is 30.5 Å². The van der Waals surface area contributed by atoms with Crippen molar-refractivity contribution in [3.63, 3.8) is 0 Å². The largest absolute Gasteiger partial charge is 0.301 e. The van der Waals surface area contributed by atoms with Gasteiger partial charge in [-0.25, -0.2) is 0 Å². The molecule has 0 spiro atoms. The van der Waals surface area contributed by atoms with Gasteiger partial charge in [-0.15, -0.1) is 0 Å². The monoisotopic (exact) mass is 260 g/mol. The van der Waals surface area contributed by atoms with Crippen LogP contribution in [0, 0.1) is 0 Å². The van der Waals surface area contributed by atoms with Crippen molar-refractivity contribution in [3.8, 4) is 0 Å². The minimum absolute atomic E-state index is 0.540. The third kappa shape index (κ3) is 3.58. The first kappa shape index (κ1) is 14.5. The zero-order valence-electron chi connectivity index (χ0n) is 12.9. The van der Waals surface area contributed by atoms with Crippen LogP contribution in [0.2, 0.25) is 0 Å². The third-order valence-corrected chi connectivity index (χ3v) is 4.46. The lowest BCUT2D eigenvalue weighted by molar-refractivity contribution is 0.106. The van der Waals surface area contributed by atoms with Crippen molar-refractivity contribution in [1.82, 2.24) is 9.80 Å². The van der Waals surface area contributed by atoms with Gasteiger partial charge in [0.2, 0.25) is 0 Å². The molecule has 19 heavy (non-hydrogen) atoms. The highest BCUT2D eigenvalue weighted by Gasteiger charge is 2.21. The number of nitrogens with zero attached hydrogens (tertiary/aromatic N) is 2. The predicted molar refractivity (Wildman–Crippen MR) is 82.6 cm³/mol. The summed E-state index contributed by atoms with van der Waals surface area (Å²) in [6, 6.07) is 9.67. The first-order chi connectivity index (χ1) is 9.11. The second-order valence-electron chi connectivity index (χ2n) is 5.97. The van der Waals surface area contributed by atoms with E-state index in [1.807, 2.05) is 0 Å². The van der Waals surface area contributed by atoms with E-state index in [0.717, 1.165) is 0 Å². The fourth-order valence-corrected chi connectivity index (χ4v) is 2.86. The molecule has 2 nitrogen and oxygen atoms in total. The summed E-state index contributed by atoms with van der Waals surface area (Å²) in [4.78, 5) is 5.15. The summed E-state index contributed by atoms with van der Waals surface area (Å²) in [7, 11) is 0. The summed E-state index contributed by atoms with van der Waals surface area (Å²) in [5.74, 6) is 0.615. The Hall–Kier alpha value is -0.860. The van der Waals surface area contributed by atoms with Gasteiger partial charge in [-0.2, -0.15) is 0 Å². The number of rotatable bonds is 4. The zero-order chi connectivity index (χ0) is 13.8. The molecule has 106 valence electrons. The molecule has 0 N–H and O–H groups in total. The highest BCUT2D eigenvalue weighted by atomic mass is 15.3. The van der Waals surface area contributed by atoms with Crippen LogP contribution >= 0.6 is 0 Å². The van der Waals surface area contributed by atoms with Crippen LogP contribution in [-0.4, -0.2) is 42.5 Å². The van der Waals surface area contributed by atoms with E-state index in [1.165, 1.54) is 43.9 Å². The molecule has 1 aliphatic heterocycles. The normalized spacial score (nSPS) is 19.8. The van der Waals surface area contributed by atoms with Gasteiger partial charge in [0, 0.05) is 32.2 Å². The van der Waals surface area contributed by atoms with Gasteiger partial charge in [0.1, 0.15) is 0 Å². The quantitative estimate of drug-likeness (QED) is 0.817. The molecule has 0 unspecified atom stereocenters. The average molecular weight is 260 g/mol. The summed E-state index contributed by atoms with van der Waals surface area (Å²) in [6.07, 6.45) is 0. The lowest BCUT2D eigenvalue weighted by Gasteiger charge is -2.38. The smallest absolute Gasteiger partial charge is 0.0321 e. The molecule has 1 aromatic carbocycles. The molecule has 1 fully saturated rings. The van der Waals surface area contributed by atoms with E-state index < -0.39 is 0 Å². The van der Waals surface area contributed by atoms with Crippen LogP contribution in [0.3, 0.4) is 0 Å². The van der Waals surface area contributed by atoms with E-state index in [4.69, 9.17) is 0 Å². The molecule has 2 heteroatoms. The van der Waals surface area contributed by atoms with Crippen LogP contribution < -0.4 is 0 Å². The lowest BCUT2D eigenvalue weighted by Crippen LogP contribution is -2.46. The maximum Gasteiger partial charge on any atom is 0.0321 e. The Labute approximate surface area is 118 Å². The molecule has 1 atom stereocenters.